The summed E-state index contributed by atoms with van der Waals surface area (Å²) in [5.74, 6) is -1.30. The molecule has 0 aliphatic rings. The van der Waals surface area contributed by atoms with E-state index in [-0.39, 0.29) is 6.42 Å². The Bertz CT molecular complexity index is 136. The van der Waals surface area contributed by atoms with Crippen molar-refractivity contribution in [1.82, 2.24) is 0 Å². The summed E-state index contributed by atoms with van der Waals surface area (Å²) in [6.07, 6.45) is 0.112. The third-order valence-corrected chi connectivity index (χ3v) is 1.61. The van der Waals surface area contributed by atoms with Crippen molar-refractivity contribution in [1.29, 1.82) is 0 Å². The molecule has 0 fully saturated rings. The van der Waals surface area contributed by atoms with E-state index in [0.29, 0.717) is 0 Å². The predicted molar refractivity (Wildman–Crippen MR) is 35.4 cm³/mol. The van der Waals surface area contributed by atoms with Gasteiger partial charge in [-0.25, -0.2) is 4.39 Å². The van der Waals surface area contributed by atoms with E-state index in [2.05, 4.69) is 0 Å². The van der Waals surface area contributed by atoms with Crippen LogP contribution in [0.4, 0.5) is 4.39 Å². The van der Waals surface area contributed by atoms with E-state index in [4.69, 9.17) is 10.8 Å². The largest absolute Gasteiger partial charge is 0.480 e. The van der Waals surface area contributed by atoms with Crippen molar-refractivity contribution in [2.45, 2.75) is 32.0 Å². The first-order valence-corrected chi connectivity index (χ1v) is 3.09. The number of hydrogen-bond acceptors (Lipinski definition) is 2. The molecule has 0 aliphatic carbocycles. The van der Waals surface area contributed by atoms with Crippen molar-refractivity contribution in [3.05, 3.63) is 0 Å². The quantitative estimate of drug-likeness (QED) is 0.615. The minimum Gasteiger partial charge on any atom is -0.480 e. The van der Waals surface area contributed by atoms with E-state index in [1.54, 1.807) is 6.92 Å². The third kappa shape index (κ3) is 1.95. The molecule has 3 N–H and O–H groups in total. The number of hydrogen-bond donors (Lipinski definition) is 2. The minimum atomic E-state index is -1.80. The molecule has 0 aromatic carbocycles. The summed E-state index contributed by atoms with van der Waals surface area (Å²) in [6, 6.07) is -1.42. The van der Waals surface area contributed by atoms with Crippen LogP contribution in [0.2, 0.25) is 0 Å². The summed E-state index contributed by atoms with van der Waals surface area (Å²) >= 11 is 0. The first-order valence-electron chi connectivity index (χ1n) is 3.09. The molecule has 0 aliphatic heterocycles. The number of halogens is 1. The Kier molecular flexibility index (Phi) is 2.77. The van der Waals surface area contributed by atoms with Gasteiger partial charge in [-0.15, -0.1) is 0 Å². The second-order valence-corrected chi connectivity index (χ2v) is 2.45. The molecule has 3 nitrogen and oxygen atoms in total. The molecule has 0 saturated carbocycles. The van der Waals surface area contributed by atoms with E-state index >= 15 is 0 Å². The lowest BCUT2D eigenvalue weighted by atomic mass is 9.97. The van der Waals surface area contributed by atoms with Gasteiger partial charge in [0.25, 0.3) is 0 Å². The molecular formula is C6H12FNO2. The van der Waals surface area contributed by atoms with Gasteiger partial charge in [0, 0.05) is 0 Å². The summed E-state index contributed by atoms with van der Waals surface area (Å²) in [5, 5.41) is 8.28. The standard InChI is InChI=1S/C6H12FNO2/c1-3-6(2,7)4(8)5(9)10/h4H,3,8H2,1-2H3,(H,9,10)/t4-,6?/m1/s1. The molecule has 1 unspecified atom stereocenters. The molecule has 0 amide bonds. The number of carboxylic acid groups (broad SMARTS) is 1. The van der Waals surface area contributed by atoms with E-state index in [1.807, 2.05) is 0 Å². The maximum absolute atomic E-state index is 13.0. The van der Waals surface area contributed by atoms with E-state index in [1.165, 1.54) is 6.92 Å². The number of aliphatic carboxylic acids is 1. The summed E-state index contributed by atoms with van der Waals surface area (Å²) in [6.45, 7) is 2.74. The van der Waals surface area contributed by atoms with Crippen LogP contribution in [0.25, 0.3) is 0 Å². The zero-order valence-corrected chi connectivity index (χ0v) is 6.10. The molecule has 0 bridgehead atoms. The molecule has 0 rings (SSSR count). The zero-order chi connectivity index (χ0) is 8.36. The van der Waals surface area contributed by atoms with Crippen LogP contribution in [0.1, 0.15) is 20.3 Å². The number of carbonyl (C=O) groups is 1. The van der Waals surface area contributed by atoms with Crippen LogP contribution in [0.3, 0.4) is 0 Å². The van der Waals surface area contributed by atoms with Crippen LogP contribution in [0, 0.1) is 0 Å². The Balaban J connectivity index is 4.17. The van der Waals surface area contributed by atoms with Crippen LogP contribution in [0.5, 0.6) is 0 Å². The first kappa shape index (κ1) is 9.36. The van der Waals surface area contributed by atoms with E-state index in [0.717, 1.165) is 0 Å². The van der Waals surface area contributed by atoms with Gasteiger partial charge in [0.1, 0.15) is 11.7 Å². The van der Waals surface area contributed by atoms with Gasteiger partial charge in [-0.1, -0.05) is 6.92 Å². The van der Waals surface area contributed by atoms with Crippen molar-refractivity contribution >= 4 is 5.97 Å². The number of nitrogens with two attached hydrogens (primary N) is 1. The highest BCUT2D eigenvalue weighted by Crippen LogP contribution is 2.18. The van der Waals surface area contributed by atoms with Crippen molar-refractivity contribution in [2.24, 2.45) is 5.73 Å². The molecule has 10 heavy (non-hydrogen) atoms. The van der Waals surface area contributed by atoms with Gasteiger partial charge in [-0.05, 0) is 13.3 Å². The summed E-state index contributed by atoms with van der Waals surface area (Å²) in [4.78, 5) is 10.1. The maximum Gasteiger partial charge on any atom is 0.323 e. The van der Waals surface area contributed by atoms with Crippen molar-refractivity contribution in [3.8, 4) is 0 Å². The lowest BCUT2D eigenvalue weighted by Gasteiger charge is -2.21. The molecule has 60 valence electrons. The third-order valence-electron chi connectivity index (χ3n) is 1.61. The Hall–Kier alpha value is -0.640. The number of alkyl halides is 1. The minimum absolute atomic E-state index is 0.112. The van der Waals surface area contributed by atoms with Crippen LogP contribution in [-0.4, -0.2) is 22.8 Å². The SMILES string of the molecule is CCC(C)(F)[C@H](N)C(=O)O. The molecule has 0 saturated heterocycles. The van der Waals surface area contributed by atoms with Gasteiger partial charge >= 0.3 is 5.97 Å². The molecule has 0 heterocycles. The molecule has 0 spiro atoms. The first-order chi connectivity index (χ1) is 4.41. The van der Waals surface area contributed by atoms with E-state index in [9.17, 15) is 9.18 Å². The molecular weight excluding hydrogens is 137 g/mol. The van der Waals surface area contributed by atoms with Crippen LogP contribution in [0.15, 0.2) is 0 Å². The maximum atomic E-state index is 13.0. The lowest BCUT2D eigenvalue weighted by molar-refractivity contribution is -0.142. The molecule has 0 aromatic heterocycles. The highest BCUT2D eigenvalue weighted by molar-refractivity contribution is 5.74. The van der Waals surface area contributed by atoms with Gasteiger partial charge in [-0.3, -0.25) is 4.79 Å². The summed E-state index contributed by atoms with van der Waals surface area (Å²) in [5.41, 5.74) is 3.23. The fraction of sp³-hybridized carbons (Fsp3) is 0.833. The predicted octanol–water partition coefficient (Wildman–Crippen LogP) is 0.536. The zero-order valence-electron chi connectivity index (χ0n) is 6.10. The summed E-state index contributed by atoms with van der Waals surface area (Å²) in [7, 11) is 0. The smallest absolute Gasteiger partial charge is 0.323 e. The van der Waals surface area contributed by atoms with Crippen molar-refractivity contribution in [3.63, 3.8) is 0 Å². The number of carboxylic acids is 1. The molecule has 4 heteroatoms. The Labute approximate surface area is 59.0 Å². The highest BCUT2D eigenvalue weighted by Gasteiger charge is 2.34. The highest BCUT2D eigenvalue weighted by atomic mass is 19.1. The normalized spacial score (nSPS) is 19.6. The van der Waals surface area contributed by atoms with Crippen molar-refractivity contribution < 1.29 is 14.3 Å². The fourth-order valence-electron chi connectivity index (χ4n) is 0.477. The van der Waals surface area contributed by atoms with E-state index < -0.39 is 17.7 Å². The van der Waals surface area contributed by atoms with Gasteiger partial charge in [0.2, 0.25) is 0 Å². The summed E-state index contributed by atoms with van der Waals surface area (Å²) < 4.78 is 13.0. The van der Waals surface area contributed by atoms with Gasteiger partial charge in [0.15, 0.2) is 0 Å². The van der Waals surface area contributed by atoms with Crippen LogP contribution in [-0.2, 0) is 4.79 Å². The Morgan fingerprint density at radius 3 is 2.40 bits per heavy atom. The topological polar surface area (TPSA) is 63.3 Å². The lowest BCUT2D eigenvalue weighted by Crippen LogP contribution is -2.47. The average molecular weight is 149 g/mol. The van der Waals surface area contributed by atoms with Crippen LogP contribution < -0.4 is 5.73 Å². The monoisotopic (exact) mass is 149 g/mol. The second-order valence-electron chi connectivity index (χ2n) is 2.45. The molecule has 0 aromatic rings. The van der Waals surface area contributed by atoms with Gasteiger partial charge in [-0.2, -0.15) is 0 Å². The Morgan fingerprint density at radius 1 is 1.90 bits per heavy atom. The number of rotatable bonds is 3. The Morgan fingerprint density at radius 2 is 2.30 bits per heavy atom. The second kappa shape index (κ2) is 2.96. The average Bonchev–Trinajstić information content (AvgIpc) is 1.86. The molecule has 2 atom stereocenters. The van der Waals surface area contributed by atoms with Gasteiger partial charge < -0.3 is 10.8 Å². The van der Waals surface area contributed by atoms with Crippen LogP contribution >= 0.6 is 0 Å². The molecule has 0 radical (unpaired) electrons. The fourth-order valence-corrected chi connectivity index (χ4v) is 0.477. The van der Waals surface area contributed by atoms with Gasteiger partial charge in [0.05, 0.1) is 0 Å². The van der Waals surface area contributed by atoms with Crippen molar-refractivity contribution in [2.75, 3.05) is 0 Å².